The highest BCUT2D eigenvalue weighted by atomic mass is 32.2. The van der Waals surface area contributed by atoms with E-state index >= 15 is 0 Å². The van der Waals surface area contributed by atoms with Crippen LogP contribution in [0.3, 0.4) is 0 Å². The maximum absolute atomic E-state index is 11.1. The quantitative estimate of drug-likeness (QED) is 0.606. The Balaban J connectivity index is 0.000000151. The molecule has 0 saturated carbocycles. The van der Waals surface area contributed by atoms with Crippen LogP contribution in [0.4, 0.5) is 0 Å². The molecule has 3 nitrogen and oxygen atoms in total. The smallest absolute Gasteiger partial charge is 0.150 e. The Hall–Kier alpha value is -0.0300. The van der Waals surface area contributed by atoms with Gasteiger partial charge in [-0.1, -0.05) is 6.42 Å². The summed E-state index contributed by atoms with van der Waals surface area (Å²) in [5, 5.41) is 0. The lowest BCUT2D eigenvalue weighted by Gasteiger charge is -2.13. The molecule has 0 aromatic rings. The minimum absolute atomic E-state index is 0.424. The first-order valence-corrected chi connectivity index (χ1v) is 9.33. The fourth-order valence-electron chi connectivity index (χ4n) is 1.76. The summed E-state index contributed by atoms with van der Waals surface area (Å²) in [4.78, 5) is 0. The monoisotopic (exact) mass is 252 g/mol. The molecule has 0 bridgehead atoms. The van der Waals surface area contributed by atoms with Gasteiger partial charge in [0.25, 0.3) is 0 Å². The van der Waals surface area contributed by atoms with Crippen molar-refractivity contribution in [1.29, 1.82) is 0 Å². The van der Waals surface area contributed by atoms with Crippen molar-refractivity contribution in [2.24, 2.45) is 0 Å². The molecule has 2 aliphatic rings. The van der Waals surface area contributed by atoms with Crippen LogP contribution in [0.5, 0.6) is 0 Å². The molecule has 0 aromatic carbocycles. The van der Waals surface area contributed by atoms with E-state index in [2.05, 4.69) is 5.87 Å². The van der Waals surface area contributed by atoms with Crippen LogP contribution in [-0.2, 0) is 19.4 Å². The third-order valence-corrected chi connectivity index (χ3v) is 6.58. The summed E-state index contributed by atoms with van der Waals surface area (Å²) in [7, 11) is -4.13. The van der Waals surface area contributed by atoms with Crippen molar-refractivity contribution < 1.29 is 12.6 Å². The Morgan fingerprint density at radius 1 is 0.667 bits per heavy atom. The van der Waals surface area contributed by atoms with E-state index in [0.717, 1.165) is 37.2 Å². The molecule has 0 radical (unpaired) electrons. The zero-order valence-corrected chi connectivity index (χ0v) is 10.7. The second kappa shape index (κ2) is 5.34. The van der Waals surface area contributed by atoms with Gasteiger partial charge in [-0.2, -0.15) is 0 Å². The molecule has 0 unspecified atom stereocenters. The van der Waals surface area contributed by atoms with Crippen LogP contribution in [0.2, 0.25) is 0 Å². The van der Waals surface area contributed by atoms with E-state index in [-0.39, 0.29) is 0 Å². The molecular weight excluding hydrogens is 232 g/mol. The first-order chi connectivity index (χ1) is 6.91. The lowest BCUT2D eigenvalue weighted by atomic mass is 10.3. The van der Waals surface area contributed by atoms with Gasteiger partial charge in [-0.3, -0.25) is 4.21 Å². The van der Waals surface area contributed by atoms with E-state index in [1.54, 1.807) is 0 Å². The molecule has 2 aliphatic heterocycles. The van der Waals surface area contributed by atoms with E-state index in [1.165, 1.54) is 6.42 Å². The first-order valence-electron chi connectivity index (χ1n) is 5.44. The lowest BCUT2D eigenvalue weighted by Crippen LogP contribution is -2.15. The predicted molar refractivity (Wildman–Crippen MR) is 66.7 cm³/mol. The molecule has 0 aromatic heterocycles. The Labute approximate surface area is 93.2 Å². The van der Waals surface area contributed by atoms with Gasteiger partial charge in [-0.15, -0.1) is 0 Å². The second-order valence-corrected chi connectivity index (χ2v) is 9.35. The van der Waals surface area contributed by atoms with Crippen molar-refractivity contribution in [3.63, 3.8) is 0 Å². The van der Waals surface area contributed by atoms with Crippen molar-refractivity contribution in [3.8, 4) is 0 Å². The minimum atomic E-state index is -2.55. The van der Waals surface area contributed by atoms with Crippen LogP contribution in [0.1, 0.15) is 32.1 Å². The van der Waals surface area contributed by atoms with Gasteiger partial charge < -0.3 is 0 Å². The van der Waals surface area contributed by atoms with E-state index in [0.29, 0.717) is 11.5 Å². The fourth-order valence-corrected chi connectivity index (χ4v) is 4.91. The number of sulfone groups is 1. The predicted octanol–water partition coefficient (Wildman–Crippen LogP) is 1.08. The van der Waals surface area contributed by atoms with Gasteiger partial charge in [0.2, 0.25) is 0 Å². The highest BCUT2D eigenvalue weighted by Gasteiger charge is 2.16. The van der Waals surface area contributed by atoms with E-state index in [4.69, 9.17) is 0 Å². The summed E-state index contributed by atoms with van der Waals surface area (Å²) in [5.74, 6) is 6.24. The first kappa shape index (κ1) is 13.0. The molecule has 0 amide bonds. The van der Waals surface area contributed by atoms with E-state index in [9.17, 15) is 12.6 Å². The molecule has 2 fully saturated rings. The van der Waals surface area contributed by atoms with E-state index < -0.39 is 19.4 Å². The molecule has 0 spiro atoms. The maximum Gasteiger partial charge on any atom is 0.150 e. The Morgan fingerprint density at radius 2 is 1.07 bits per heavy atom. The van der Waals surface area contributed by atoms with Crippen molar-refractivity contribution in [2.45, 2.75) is 32.1 Å². The molecule has 0 atom stereocenters. The molecule has 0 aliphatic carbocycles. The summed E-state index contributed by atoms with van der Waals surface area (Å²) in [6.07, 6.45) is 5.27. The maximum atomic E-state index is 11.1. The van der Waals surface area contributed by atoms with Crippen LogP contribution < -0.4 is 0 Å². The summed E-state index contributed by atoms with van der Waals surface area (Å²) >= 11 is 0. The molecule has 90 valence electrons. The Kier molecular flexibility index (Phi) is 4.64. The second-order valence-electron chi connectivity index (χ2n) is 4.29. The normalized spacial score (nSPS) is 27.7. The Morgan fingerprint density at radius 3 is 1.27 bits per heavy atom. The van der Waals surface area contributed by atoms with Gasteiger partial charge in [0.1, 0.15) is 9.84 Å². The molecule has 2 saturated heterocycles. The van der Waals surface area contributed by atoms with Gasteiger partial charge in [-0.25, -0.2) is 8.42 Å². The van der Waals surface area contributed by atoms with Gasteiger partial charge in [0.15, 0.2) is 0 Å². The van der Waals surface area contributed by atoms with Crippen molar-refractivity contribution in [3.05, 3.63) is 0 Å². The van der Waals surface area contributed by atoms with Gasteiger partial charge in [0, 0.05) is 11.5 Å². The summed E-state index contributed by atoms with van der Waals surface area (Å²) in [6.45, 7) is 0. The zero-order valence-electron chi connectivity index (χ0n) is 9.11. The molecule has 5 heteroatoms. The fraction of sp³-hybridized carbons (Fsp3) is 0.900. The SMILES string of the molecule is C=S1(=O)CCCCC1.O=S1(=O)CCCC1. The van der Waals surface area contributed by atoms with Gasteiger partial charge >= 0.3 is 0 Å². The number of hydrogen-bond acceptors (Lipinski definition) is 3. The highest BCUT2D eigenvalue weighted by Crippen LogP contribution is 2.09. The molecule has 2 heterocycles. The topological polar surface area (TPSA) is 51.2 Å². The van der Waals surface area contributed by atoms with Crippen molar-refractivity contribution in [1.82, 2.24) is 0 Å². The summed E-state index contributed by atoms with van der Waals surface area (Å²) in [6, 6.07) is 0. The zero-order chi connectivity index (χ0) is 11.4. The average molecular weight is 252 g/mol. The molecule has 0 N–H and O–H groups in total. The van der Waals surface area contributed by atoms with Crippen LogP contribution in [-0.4, -0.2) is 41.5 Å². The summed E-state index contributed by atoms with van der Waals surface area (Å²) < 4.78 is 32.0. The Bertz CT molecular complexity index is 355. The van der Waals surface area contributed by atoms with Gasteiger partial charge in [0.05, 0.1) is 11.5 Å². The lowest BCUT2D eigenvalue weighted by molar-refractivity contribution is 0.602. The number of hydrogen-bond donors (Lipinski definition) is 0. The van der Waals surface area contributed by atoms with Crippen LogP contribution in [0, 0.1) is 0 Å². The van der Waals surface area contributed by atoms with E-state index in [1.807, 2.05) is 0 Å². The number of rotatable bonds is 0. The van der Waals surface area contributed by atoms with Crippen LogP contribution >= 0.6 is 0 Å². The van der Waals surface area contributed by atoms with Gasteiger partial charge in [-0.05, 0) is 41.1 Å². The van der Waals surface area contributed by atoms with Crippen LogP contribution in [0.15, 0.2) is 0 Å². The largest absolute Gasteiger partial charge is 0.268 e. The van der Waals surface area contributed by atoms with Crippen LogP contribution in [0.25, 0.3) is 0 Å². The van der Waals surface area contributed by atoms with Crippen molar-refractivity contribution >= 4 is 25.2 Å². The third-order valence-electron chi connectivity index (χ3n) is 2.69. The average Bonchev–Trinajstić information content (AvgIpc) is 2.51. The molecular formula is C10H20O3S2. The molecule has 2 rings (SSSR count). The van der Waals surface area contributed by atoms with Crippen molar-refractivity contribution in [2.75, 3.05) is 23.0 Å². The highest BCUT2D eigenvalue weighted by molar-refractivity contribution is 8.00. The third kappa shape index (κ3) is 5.56. The standard InChI is InChI=1S/C6H12OS.C4H8O2S/c1-8(7)5-3-2-4-6-8;5-7(6)3-1-2-4-7/h1-6H2;1-4H2. The molecule has 15 heavy (non-hydrogen) atoms. The summed E-state index contributed by atoms with van der Waals surface area (Å²) in [5.41, 5.74) is 0. The minimum Gasteiger partial charge on any atom is -0.268 e.